The highest BCUT2D eigenvalue weighted by Crippen LogP contribution is 2.35. The Morgan fingerprint density at radius 1 is 1.38 bits per heavy atom. The van der Waals surface area contributed by atoms with Gasteiger partial charge in [-0.3, -0.25) is 14.5 Å². The summed E-state index contributed by atoms with van der Waals surface area (Å²) in [6.45, 7) is 2.67. The minimum absolute atomic E-state index is 0.0475. The van der Waals surface area contributed by atoms with Crippen molar-refractivity contribution < 1.29 is 14.7 Å². The maximum Gasteiger partial charge on any atom is 0.321 e. The van der Waals surface area contributed by atoms with Crippen LogP contribution in [-0.2, 0) is 9.59 Å². The lowest BCUT2D eigenvalue weighted by atomic mass is 10.1. The molecule has 1 N–H and O–H groups in total. The van der Waals surface area contributed by atoms with Gasteiger partial charge in [0.25, 0.3) is 0 Å². The molecule has 16 heavy (non-hydrogen) atoms. The van der Waals surface area contributed by atoms with Crippen LogP contribution in [-0.4, -0.2) is 60.0 Å². The molecule has 0 aliphatic heterocycles. The van der Waals surface area contributed by atoms with Crippen molar-refractivity contribution in [1.29, 1.82) is 0 Å². The van der Waals surface area contributed by atoms with Crippen LogP contribution in [0.5, 0.6) is 0 Å². The first-order chi connectivity index (χ1) is 7.47. The lowest BCUT2D eigenvalue weighted by Crippen LogP contribution is -2.47. The van der Waals surface area contributed by atoms with E-state index in [1.54, 1.807) is 19.0 Å². The summed E-state index contributed by atoms with van der Waals surface area (Å²) in [4.78, 5) is 26.0. The molecule has 0 aromatic rings. The van der Waals surface area contributed by atoms with Crippen LogP contribution in [0.25, 0.3) is 0 Å². The Morgan fingerprint density at radius 3 is 2.25 bits per heavy atom. The Balaban J connectivity index is 2.63. The van der Waals surface area contributed by atoms with Gasteiger partial charge in [0, 0.05) is 14.1 Å². The van der Waals surface area contributed by atoms with Gasteiger partial charge in [-0.25, -0.2) is 0 Å². The Morgan fingerprint density at radius 2 is 1.94 bits per heavy atom. The monoisotopic (exact) mass is 228 g/mol. The van der Waals surface area contributed by atoms with Crippen LogP contribution in [0.15, 0.2) is 0 Å². The highest BCUT2D eigenvalue weighted by atomic mass is 16.4. The Bertz CT molecular complexity index is 274. The number of aliphatic carboxylic acids is 1. The van der Waals surface area contributed by atoms with Gasteiger partial charge < -0.3 is 10.0 Å². The number of nitrogens with zero attached hydrogens (tertiary/aromatic N) is 2. The van der Waals surface area contributed by atoms with E-state index in [9.17, 15) is 14.7 Å². The molecule has 1 unspecified atom stereocenters. The molecule has 1 rings (SSSR count). The number of carbonyl (C=O) groups is 2. The molecule has 1 fully saturated rings. The number of carbonyl (C=O) groups excluding carboxylic acids is 1. The third kappa shape index (κ3) is 3.20. The van der Waals surface area contributed by atoms with Crippen molar-refractivity contribution in [2.75, 3.05) is 27.2 Å². The standard InChI is InChI=1S/C11H20N2O3/c1-4-13(7-9(14)12(2)3)10(11(15)16)8-5-6-8/h8,10H,4-7H2,1-3H3,(H,15,16). The number of likely N-dealkylation sites (N-methyl/N-ethyl adjacent to an activating group) is 2. The molecule has 0 aromatic carbocycles. The lowest BCUT2D eigenvalue weighted by molar-refractivity contribution is -0.145. The smallest absolute Gasteiger partial charge is 0.321 e. The molecule has 5 heteroatoms. The summed E-state index contributed by atoms with van der Waals surface area (Å²) in [5, 5.41) is 9.17. The van der Waals surface area contributed by atoms with Crippen molar-refractivity contribution in [3.8, 4) is 0 Å². The number of amides is 1. The molecule has 0 bridgehead atoms. The highest BCUT2D eigenvalue weighted by Gasteiger charge is 2.40. The molecule has 1 amide bonds. The van der Waals surface area contributed by atoms with E-state index in [1.807, 2.05) is 6.92 Å². The summed E-state index contributed by atoms with van der Waals surface area (Å²) < 4.78 is 0. The third-order valence-corrected chi connectivity index (χ3v) is 2.96. The quantitative estimate of drug-likeness (QED) is 0.708. The normalized spacial score (nSPS) is 17.2. The second kappa shape index (κ2) is 5.30. The highest BCUT2D eigenvalue weighted by molar-refractivity contribution is 5.80. The molecule has 0 saturated heterocycles. The van der Waals surface area contributed by atoms with E-state index >= 15 is 0 Å². The maximum absolute atomic E-state index is 11.6. The van der Waals surface area contributed by atoms with Gasteiger partial charge in [-0.2, -0.15) is 0 Å². The molecule has 92 valence electrons. The topological polar surface area (TPSA) is 60.9 Å². The number of hydrogen-bond donors (Lipinski definition) is 1. The van der Waals surface area contributed by atoms with Crippen LogP contribution in [0.1, 0.15) is 19.8 Å². The van der Waals surface area contributed by atoms with Crippen LogP contribution in [0.4, 0.5) is 0 Å². The van der Waals surface area contributed by atoms with E-state index < -0.39 is 12.0 Å². The molecule has 5 nitrogen and oxygen atoms in total. The van der Waals surface area contributed by atoms with E-state index in [0.717, 1.165) is 12.8 Å². The predicted molar refractivity (Wildman–Crippen MR) is 60.1 cm³/mol. The minimum atomic E-state index is -0.809. The summed E-state index contributed by atoms with van der Waals surface area (Å²) in [5.41, 5.74) is 0. The number of carboxylic acids is 1. The van der Waals surface area contributed by atoms with E-state index in [2.05, 4.69) is 0 Å². The first-order valence-electron chi connectivity index (χ1n) is 5.64. The van der Waals surface area contributed by atoms with Crippen molar-refractivity contribution in [1.82, 2.24) is 9.80 Å². The predicted octanol–water partition coefficient (Wildman–Crippen LogP) is 0.260. The molecule has 0 spiro atoms. The van der Waals surface area contributed by atoms with Gasteiger partial charge in [0.15, 0.2) is 0 Å². The van der Waals surface area contributed by atoms with Gasteiger partial charge in [0.05, 0.1) is 6.54 Å². The van der Waals surface area contributed by atoms with Gasteiger partial charge in [-0.15, -0.1) is 0 Å². The number of hydrogen-bond acceptors (Lipinski definition) is 3. The van der Waals surface area contributed by atoms with E-state index in [4.69, 9.17) is 0 Å². The number of rotatable bonds is 6. The largest absolute Gasteiger partial charge is 0.480 e. The number of carboxylic acid groups (broad SMARTS) is 1. The summed E-state index contributed by atoms with van der Waals surface area (Å²) in [6.07, 6.45) is 1.92. The van der Waals surface area contributed by atoms with Gasteiger partial charge >= 0.3 is 5.97 Å². The second-order valence-electron chi connectivity index (χ2n) is 4.47. The third-order valence-electron chi connectivity index (χ3n) is 2.96. The van der Waals surface area contributed by atoms with Crippen LogP contribution in [0.3, 0.4) is 0 Å². The SMILES string of the molecule is CCN(CC(=O)N(C)C)C(C(=O)O)C1CC1. The molecule has 1 saturated carbocycles. The molecule has 1 atom stereocenters. The van der Waals surface area contributed by atoms with Crippen molar-refractivity contribution in [3.63, 3.8) is 0 Å². The van der Waals surface area contributed by atoms with Gasteiger partial charge in [-0.05, 0) is 25.3 Å². The average Bonchev–Trinajstić information content (AvgIpc) is 2.99. The van der Waals surface area contributed by atoms with Crippen LogP contribution >= 0.6 is 0 Å². The molecule has 0 radical (unpaired) electrons. The molecule has 1 aliphatic rings. The average molecular weight is 228 g/mol. The zero-order valence-electron chi connectivity index (χ0n) is 10.1. The first kappa shape index (κ1) is 13.0. The fraction of sp³-hybridized carbons (Fsp3) is 0.818. The minimum Gasteiger partial charge on any atom is -0.480 e. The van der Waals surface area contributed by atoms with Crippen LogP contribution < -0.4 is 0 Å². The zero-order valence-corrected chi connectivity index (χ0v) is 10.1. The van der Waals surface area contributed by atoms with Crippen LogP contribution in [0.2, 0.25) is 0 Å². The molecule has 1 aliphatic carbocycles. The molecular weight excluding hydrogens is 208 g/mol. The zero-order chi connectivity index (χ0) is 12.3. The summed E-state index contributed by atoms with van der Waals surface area (Å²) >= 11 is 0. The summed E-state index contributed by atoms with van der Waals surface area (Å²) in [7, 11) is 3.37. The molecule has 0 heterocycles. The van der Waals surface area contributed by atoms with E-state index in [1.165, 1.54) is 4.90 Å². The van der Waals surface area contributed by atoms with E-state index in [-0.39, 0.29) is 18.4 Å². The Hall–Kier alpha value is -1.10. The molecule has 0 aromatic heterocycles. The fourth-order valence-corrected chi connectivity index (χ4v) is 1.79. The van der Waals surface area contributed by atoms with Crippen molar-refractivity contribution in [2.24, 2.45) is 5.92 Å². The van der Waals surface area contributed by atoms with Gasteiger partial charge in [-0.1, -0.05) is 6.92 Å². The lowest BCUT2D eigenvalue weighted by Gasteiger charge is -2.28. The van der Waals surface area contributed by atoms with Crippen molar-refractivity contribution in [2.45, 2.75) is 25.8 Å². The fourth-order valence-electron chi connectivity index (χ4n) is 1.79. The van der Waals surface area contributed by atoms with Gasteiger partial charge in [0.2, 0.25) is 5.91 Å². The van der Waals surface area contributed by atoms with Crippen molar-refractivity contribution >= 4 is 11.9 Å². The molecular formula is C11H20N2O3. The summed E-state index contributed by atoms with van der Waals surface area (Å²) in [5.74, 6) is -0.628. The van der Waals surface area contributed by atoms with E-state index in [0.29, 0.717) is 6.54 Å². The summed E-state index contributed by atoms with van der Waals surface area (Å²) in [6, 6.07) is -0.492. The second-order valence-corrected chi connectivity index (χ2v) is 4.47. The Labute approximate surface area is 96.0 Å². The van der Waals surface area contributed by atoms with Gasteiger partial charge in [0.1, 0.15) is 6.04 Å². The van der Waals surface area contributed by atoms with Crippen LogP contribution in [0, 0.1) is 5.92 Å². The first-order valence-corrected chi connectivity index (χ1v) is 5.64. The Kier molecular flexibility index (Phi) is 4.29. The maximum atomic E-state index is 11.6. The van der Waals surface area contributed by atoms with Crippen molar-refractivity contribution in [3.05, 3.63) is 0 Å².